The highest BCUT2D eigenvalue weighted by Gasteiger charge is 2.16. The van der Waals surface area contributed by atoms with Gasteiger partial charge in [-0.2, -0.15) is 0 Å². The van der Waals surface area contributed by atoms with E-state index in [0.29, 0.717) is 0 Å². The Morgan fingerprint density at radius 3 is 2.89 bits per heavy atom. The van der Waals surface area contributed by atoms with Gasteiger partial charge in [0.1, 0.15) is 0 Å². The van der Waals surface area contributed by atoms with Crippen molar-refractivity contribution < 1.29 is 0 Å². The maximum Gasteiger partial charge on any atom is 0.0701 e. The van der Waals surface area contributed by atoms with Gasteiger partial charge in [-0.15, -0.1) is 11.3 Å². The topological polar surface area (TPSA) is 50.9 Å². The van der Waals surface area contributed by atoms with Crippen molar-refractivity contribution in [3.05, 3.63) is 50.4 Å². The monoisotopic (exact) mass is 325 g/mol. The zero-order valence-electron chi connectivity index (χ0n) is 10.2. The number of hydrogen-bond donors (Lipinski definition) is 2. The second-order valence-electron chi connectivity index (χ2n) is 4.03. The summed E-state index contributed by atoms with van der Waals surface area (Å²) in [5, 5.41) is 0. The predicted molar refractivity (Wildman–Crippen MR) is 79.4 cm³/mol. The quantitative estimate of drug-likeness (QED) is 0.655. The van der Waals surface area contributed by atoms with Gasteiger partial charge >= 0.3 is 0 Å². The summed E-state index contributed by atoms with van der Waals surface area (Å²) in [7, 11) is 0. The summed E-state index contributed by atoms with van der Waals surface area (Å²) in [5.74, 6) is 5.69. The first-order valence-electron chi connectivity index (χ1n) is 5.88. The molecule has 3 nitrogen and oxygen atoms in total. The van der Waals surface area contributed by atoms with E-state index in [0.717, 1.165) is 22.3 Å². The fourth-order valence-corrected chi connectivity index (χ4v) is 3.49. The molecule has 2 aromatic heterocycles. The Hall–Kier alpha value is -0.750. The van der Waals surface area contributed by atoms with E-state index in [-0.39, 0.29) is 6.04 Å². The number of aromatic nitrogens is 1. The summed E-state index contributed by atoms with van der Waals surface area (Å²) < 4.78 is 1.14. The molecular weight excluding hydrogens is 310 g/mol. The zero-order chi connectivity index (χ0) is 13.0. The van der Waals surface area contributed by atoms with Crippen LogP contribution in [0.4, 0.5) is 0 Å². The zero-order valence-corrected chi connectivity index (χ0v) is 12.6. The maximum atomic E-state index is 5.69. The second-order valence-corrected chi connectivity index (χ2v) is 6.58. The van der Waals surface area contributed by atoms with Gasteiger partial charge in [-0.1, -0.05) is 13.0 Å². The van der Waals surface area contributed by atoms with Crippen molar-refractivity contribution in [1.82, 2.24) is 10.4 Å². The number of rotatable bonds is 5. The largest absolute Gasteiger partial charge is 0.271 e. The molecule has 0 fully saturated rings. The third-order valence-corrected chi connectivity index (χ3v) is 4.52. The molecule has 0 aromatic carbocycles. The van der Waals surface area contributed by atoms with E-state index in [2.05, 4.69) is 51.5 Å². The highest BCUT2D eigenvalue weighted by atomic mass is 79.9. The van der Waals surface area contributed by atoms with Crippen LogP contribution < -0.4 is 11.3 Å². The van der Waals surface area contributed by atoms with Gasteiger partial charge in [-0.25, -0.2) is 0 Å². The van der Waals surface area contributed by atoms with E-state index in [1.807, 2.05) is 12.3 Å². The number of hydrogen-bond acceptors (Lipinski definition) is 4. The fraction of sp³-hybridized carbons (Fsp3) is 0.308. The molecule has 96 valence electrons. The summed E-state index contributed by atoms with van der Waals surface area (Å²) in [4.78, 5) is 5.76. The van der Waals surface area contributed by atoms with Crippen molar-refractivity contribution >= 4 is 27.3 Å². The summed E-state index contributed by atoms with van der Waals surface area (Å²) in [6.07, 6.45) is 3.65. The molecule has 1 unspecified atom stereocenters. The van der Waals surface area contributed by atoms with Crippen LogP contribution in [0.1, 0.15) is 29.1 Å². The van der Waals surface area contributed by atoms with Crippen LogP contribution in [0.5, 0.6) is 0 Å². The fourth-order valence-electron chi connectivity index (χ4n) is 1.96. The molecule has 0 aliphatic rings. The average Bonchev–Trinajstić information content (AvgIpc) is 2.81. The van der Waals surface area contributed by atoms with Crippen LogP contribution in [-0.4, -0.2) is 4.98 Å². The lowest BCUT2D eigenvalue weighted by Gasteiger charge is -2.17. The number of halogens is 1. The molecule has 2 aromatic rings. The summed E-state index contributed by atoms with van der Waals surface area (Å²) in [6.45, 7) is 2.13. The van der Waals surface area contributed by atoms with E-state index in [4.69, 9.17) is 5.84 Å². The third kappa shape index (κ3) is 3.17. The Morgan fingerprint density at radius 1 is 1.44 bits per heavy atom. The average molecular weight is 326 g/mol. The molecule has 0 aliphatic heterocycles. The van der Waals surface area contributed by atoms with Gasteiger partial charge < -0.3 is 0 Å². The van der Waals surface area contributed by atoms with Crippen LogP contribution in [-0.2, 0) is 12.8 Å². The Kier molecular flexibility index (Phi) is 4.88. The van der Waals surface area contributed by atoms with E-state index in [1.165, 1.54) is 10.4 Å². The van der Waals surface area contributed by atoms with Gasteiger partial charge in [0.2, 0.25) is 0 Å². The van der Waals surface area contributed by atoms with Crippen LogP contribution in [0.25, 0.3) is 0 Å². The molecule has 0 aliphatic carbocycles. The van der Waals surface area contributed by atoms with Crippen molar-refractivity contribution in [3.8, 4) is 0 Å². The molecule has 0 amide bonds. The Balaban J connectivity index is 2.22. The molecule has 0 saturated heterocycles. The van der Waals surface area contributed by atoms with Crippen LogP contribution >= 0.6 is 27.3 Å². The Bertz CT molecular complexity index is 512. The van der Waals surface area contributed by atoms with Crippen molar-refractivity contribution in [2.75, 3.05) is 0 Å². The molecule has 0 bridgehead atoms. The first kappa shape index (κ1) is 13.7. The number of hydrazine groups is 1. The number of thiophene rings is 1. The number of nitrogens with zero attached hydrogens (tertiary/aromatic N) is 1. The molecule has 0 spiro atoms. The minimum absolute atomic E-state index is 0.0618. The molecular formula is C13H16BrN3S. The minimum Gasteiger partial charge on any atom is -0.271 e. The van der Waals surface area contributed by atoms with Crippen molar-refractivity contribution in [1.29, 1.82) is 0 Å². The Morgan fingerprint density at radius 2 is 2.28 bits per heavy atom. The van der Waals surface area contributed by atoms with Gasteiger partial charge in [0.25, 0.3) is 0 Å². The lowest BCUT2D eigenvalue weighted by atomic mass is 10.0. The molecule has 3 N–H and O–H groups in total. The van der Waals surface area contributed by atoms with E-state index >= 15 is 0 Å². The van der Waals surface area contributed by atoms with Crippen LogP contribution in [0.2, 0.25) is 0 Å². The summed E-state index contributed by atoms with van der Waals surface area (Å²) >= 11 is 5.21. The van der Waals surface area contributed by atoms with Crippen LogP contribution in [0, 0.1) is 0 Å². The van der Waals surface area contributed by atoms with E-state index in [9.17, 15) is 0 Å². The van der Waals surface area contributed by atoms with Gasteiger partial charge in [-0.05, 0) is 46.1 Å². The first-order chi connectivity index (χ1) is 8.74. The molecule has 0 radical (unpaired) electrons. The van der Waals surface area contributed by atoms with Crippen molar-refractivity contribution in [2.45, 2.75) is 25.8 Å². The summed E-state index contributed by atoms with van der Waals surface area (Å²) in [5.41, 5.74) is 5.17. The number of pyridine rings is 1. The molecule has 1 atom stereocenters. The first-order valence-corrected chi connectivity index (χ1v) is 7.49. The highest BCUT2D eigenvalue weighted by molar-refractivity contribution is 9.11. The Labute approximate surface area is 120 Å². The van der Waals surface area contributed by atoms with Crippen LogP contribution in [0.15, 0.2) is 34.2 Å². The SMILES string of the molecule is CCc1cccnc1C(Cc1ccc(Br)s1)NN. The van der Waals surface area contributed by atoms with Crippen molar-refractivity contribution in [2.24, 2.45) is 5.84 Å². The summed E-state index contributed by atoms with van der Waals surface area (Å²) in [6, 6.07) is 8.32. The molecule has 2 rings (SSSR count). The smallest absolute Gasteiger partial charge is 0.0701 e. The van der Waals surface area contributed by atoms with Crippen molar-refractivity contribution in [3.63, 3.8) is 0 Å². The highest BCUT2D eigenvalue weighted by Crippen LogP contribution is 2.27. The maximum absolute atomic E-state index is 5.69. The van der Waals surface area contributed by atoms with E-state index in [1.54, 1.807) is 11.3 Å². The lowest BCUT2D eigenvalue weighted by molar-refractivity contribution is 0.537. The lowest BCUT2D eigenvalue weighted by Crippen LogP contribution is -2.30. The molecule has 5 heteroatoms. The van der Waals surface area contributed by atoms with Gasteiger partial charge in [0.15, 0.2) is 0 Å². The van der Waals surface area contributed by atoms with E-state index < -0.39 is 0 Å². The second kappa shape index (κ2) is 6.43. The third-order valence-electron chi connectivity index (χ3n) is 2.87. The van der Waals surface area contributed by atoms with Gasteiger partial charge in [-0.3, -0.25) is 16.3 Å². The molecule has 2 heterocycles. The number of nitrogens with one attached hydrogen (secondary N) is 1. The van der Waals surface area contributed by atoms with Gasteiger partial charge in [0, 0.05) is 17.5 Å². The number of aryl methyl sites for hydroxylation is 1. The minimum atomic E-state index is 0.0618. The van der Waals surface area contributed by atoms with Crippen LogP contribution in [0.3, 0.4) is 0 Å². The molecule has 0 saturated carbocycles. The normalized spacial score (nSPS) is 12.6. The standard InChI is InChI=1S/C13H16BrN3S/c1-2-9-4-3-7-16-13(9)11(17-15)8-10-5-6-12(14)18-10/h3-7,11,17H,2,8,15H2,1H3. The van der Waals surface area contributed by atoms with Gasteiger partial charge in [0.05, 0.1) is 15.5 Å². The molecule has 18 heavy (non-hydrogen) atoms. The predicted octanol–water partition coefficient (Wildman–Crippen LogP) is 3.22. The number of nitrogens with two attached hydrogens (primary N) is 1.